The summed E-state index contributed by atoms with van der Waals surface area (Å²) in [4.78, 5) is 22.8. The third-order valence-electron chi connectivity index (χ3n) is 6.79. The van der Waals surface area contributed by atoms with Crippen LogP contribution in [0.1, 0.15) is 49.8 Å². The first-order valence-electron chi connectivity index (χ1n) is 12.4. The van der Waals surface area contributed by atoms with Crippen LogP contribution in [0.2, 0.25) is 0 Å². The molecule has 180 valence electrons. The van der Waals surface area contributed by atoms with Gasteiger partial charge in [-0.1, -0.05) is 12.8 Å². The van der Waals surface area contributed by atoms with Crippen LogP contribution in [0.4, 0.5) is 5.82 Å². The van der Waals surface area contributed by atoms with Crippen molar-refractivity contribution in [1.82, 2.24) is 9.88 Å². The lowest BCUT2D eigenvalue weighted by Gasteiger charge is -2.29. The van der Waals surface area contributed by atoms with Crippen LogP contribution < -0.4 is 9.64 Å². The van der Waals surface area contributed by atoms with Crippen LogP contribution in [0.25, 0.3) is 10.9 Å². The highest BCUT2D eigenvalue weighted by Crippen LogP contribution is 2.30. The Balaban J connectivity index is 1.52. The molecule has 7 nitrogen and oxygen atoms in total. The van der Waals surface area contributed by atoms with E-state index in [-0.39, 0.29) is 12.0 Å². The first-order chi connectivity index (χ1) is 16.7. The zero-order chi connectivity index (χ0) is 23.3. The van der Waals surface area contributed by atoms with Gasteiger partial charge in [-0.05, 0) is 56.0 Å². The van der Waals surface area contributed by atoms with E-state index < -0.39 is 0 Å². The number of nitrogens with zero attached hydrogens (tertiary/aromatic N) is 3. The Morgan fingerprint density at radius 3 is 2.68 bits per heavy atom. The summed E-state index contributed by atoms with van der Waals surface area (Å²) in [6, 6.07) is 11.9. The molecule has 1 aromatic carbocycles. The largest absolute Gasteiger partial charge is 0.497 e. The van der Waals surface area contributed by atoms with Crippen LogP contribution in [0.5, 0.6) is 5.75 Å². The van der Waals surface area contributed by atoms with Crippen molar-refractivity contribution in [2.45, 2.75) is 57.7 Å². The van der Waals surface area contributed by atoms with Gasteiger partial charge in [0.25, 0.3) is 5.91 Å². The summed E-state index contributed by atoms with van der Waals surface area (Å²) in [5, 5.41) is 1.04. The van der Waals surface area contributed by atoms with Crippen molar-refractivity contribution in [3.05, 3.63) is 54.0 Å². The molecule has 1 amide bonds. The maximum atomic E-state index is 13.5. The summed E-state index contributed by atoms with van der Waals surface area (Å²) < 4.78 is 16.8. The summed E-state index contributed by atoms with van der Waals surface area (Å²) in [5.74, 6) is 2.54. The summed E-state index contributed by atoms with van der Waals surface area (Å²) >= 11 is 0. The molecule has 34 heavy (non-hydrogen) atoms. The third kappa shape index (κ3) is 5.04. The fourth-order valence-corrected chi connectivity index (χ4v) is 4.96. The molecule has 4 heterocycles. The van der Waals surface area contributed by atoms with Gasteiger partial charge in [0.05, 0.1) is 25.4 Å². The van der Waals surface area contributed by atoms with E-state index in [0.29, 0.717) is 19.7 Å². The van der Waals surface area contributed by atoms with Crippen LogP contribution >= 0.6 is 0 Å². The topological polar surface area (TPSA) is 68.0 Å². The van der Waals surface area contributed by atoms with Crippen molar-refractivity contribution in [1.29, 1.82) is 0 Å². The number of anilines is 1. The maximum Gasteiger partial charge on any atom is 0.252 e. The molecule has 2 aliphatic rings. The van der Waals surface area contributed by atoms with Gasteiger partial charge >= 0.3 is 0 Å². The smallest absolute Gasteiger partial charge is 0.252 e. The number of pyridine rings is 1. The molecular weight excluding hydrogens is 430 g/mol. The molecule has 0 N–H and O–H groups in total. The molecule has 2 fully saturated rings. The van der Waals surface area contributed by atoms with Crippen molar-refractivity contribution >= 4 is 22.6 Å². The minimum absolute atomic E-state index is 0.0190. The molecule has 2 aliphatic heterocycles. The molecule has 2 aromatic heterocycles. The first-order valence-corrected chi connectivity index (χ1v) is 12.4. The van der Waals surface area contributed by atoms with E-state index >= 15 is 0 Å². The fourth-order valence-electron chi connectivity index (χ4n) is 4.96. The van der Waals surface area contributed by atoms with E-state index in [4.69, 9.17) is 18.9 Å². The van der Waals surface area contributed by atoms with Gasteiger partial charge in [0.1, 0.15) is 23.4 Å². The minimum Gasteiger partial charge on any atom is -0.497 e. The molecule has 1 unspecified atom stereocenters. The molecular formula is C27H33N3O4. The zero-order valence-corrected chi connectivity index (χ0v) is 19.9. The van der Waals surface area contributed by atoms with Crippen molar-refractivity contribution in [2.75, 3.05) is 31.7 Å². The number of aromatic nitrogens is 1. The van der Waals surface area contributed by atoms with Crippen LogP contribution in [0.3, 0.4) is 0 Å². The Hall–Kier alpha value is -3.06. The number of benzene rings is 1. The number of hydrogen-bond donors (Lipinski definition) is 0. The van der Waals surface area contributed by atoms with Gasteiger partial charge in [0.2, 0.25) is 0 Å². The Morgan fingerprint density at radius 1 is 1.12 bits per heavy atom. The predicted octanol–water partition coefficient (Wildman–Crippen LogP) is 4.92. The van der Waals surface area contributed by atoms with Gasteiger partial charge < -0.3 is 23.7 Å². The van der Waals surface area contributed by atoms with Gasteiger partial charge in [-0.25, -0.2) is 4.98 Å². The average Bonchev–Trinajstić information content (AvgIpc) is 3.52. The Bertz CT molecular complexity index is 1100. The summed E-state index contributed by atoms with van der Waals surface area (Å²) in [5.41, 5.74) is 1.96. The molecule has 0 spiro atoms. The number of methoxy groups -OCH3 is 1. The lowest BCUT2D eigenvalue weighted by atomic mass is 10.1. The number of amides is 1. The number of furan rings is 1. The van der Waals surface area contributed by atoms with Gasteiger partial charge in [0, 0.05) is 43.3 Å². The number of rotatable bonds is 7. The van der Waals surface area contributed by atoms with Gasteiger partial charge in [-0.15, -0.1) is 0 Å². The van der Waals surface area contributed by atoms with Crippen LogP contribution in [-0.4, -0.2) is 48.7 Å². The lowest BCUT2D eigenvalue weighted by molar-refractivity contribution is -0.142. The molecule has 7 heteroatoms. The molecule has 0 aliphatic carbocycles. The van der Waals surface area contributed by atoms with Crippen molar-refractivity contribution in [3.63, 3.8) is 0 Å². The number of ether oxygens (including phenoxy) is 2. The van der Waals surface area contributed by atoms with E-state index in [1.54, 1.807) is 13.4 Å². The fraction of sp³-hybridized carbons (Fsp3) is 0.481. The van der Waals surface area contributed by atoms with Crippen molar-refractivity contribution < 1.29 is 18.7 Å². The van der Waals surface area contributed by atoms with Crippen LogP contribution in [-0.2, 0) is 22.6 Å². The quantitative estimate of drug-likeness (QED) is 0.495. The standard InChI is InChI=1S/C27H33N3O4/c1-32-22-11-10-20-16-21(26(28-24(20)17-22)29-12-4-2-3-5-13-29)18-30(19-23-8-6-14-33-23)27(31)25-9-7-15-34-25/h6,8,10-11,14,16-17,25H,2-5,7,9,12-13,15,18-19H2,1H3. The molecule has 5 rings (SSSR count). The van der Waals surface area contributed by atoms with E-state index in [0.717, 1.165) is 72.6 Å². The molecule has 2 saturated heterocycles. The van der Waals surface area contributed by atoms with Crippen LogP contribution in [0, 0.1) is 0 Å². The lowest BCUT2D eigenvalue weighted by Crippen LogP contribution is -2.38. The monoisotopic (exact) mass is 463 g/mol. The Labute approximate surface area is 200 Å². The number of hydrogen-bond acceptors (Lipinski definition) is 6. The maximum absolute atomic E-state index is 13.5. The second-order valence-electron chi connectivity index (χ2n) is 9.21. The Kier molecular flexibility index (Phi) is 7.00. The summed E-state index contributed by atoms with van der Waals surface area (Å²) in [7, 11) is 1.68. The average molecular weight is 464 g/mol. The van der Waals surface area contributed by atoms with E-state index in [1.165, 1.54) is 12.8 Å². The van der Waals surface area contributed by atoms with Gasteiger partial charge in [0.15, 0.2) is 0 Å². The normalized spacial score (nSPS) is 18.7. The Morgan fingerprint density at radius 2 is 1.97 bits per heavy atom. The third-order valence-corrected chi connectivity index (χ3v) is 6.79. The van der Waals surface area contributed by atoms with E-state index in [1.807, 2.05) is 35.2 Å². The molecule has 1 atom stereocenters. The first kappa shape index (κ1) is 22.7. The molecule has 0 radical (unpaired) electrons. The molecule has 0 bridgehead atoms. The molecule has 0 saturated carbocycles. The summed E-state index contributed by atoms with van der Waals surface area (Å²) in [6.07, 6.45) is 7.76. The van der Waals surface area contributed by atoms with Gasteiger partial charge in [-0.2, -0.15) is 0 Å². The van der Waals surface area contributed by atoms with Crippen molar-refractivity contribution in [2.24, 2.45) is 0 Å². The zero-order valence-electron chi connectivity index (χ0n) is 19.9. The highest BCUT2D eigenvalue weighted by molar-refractivity contribution is 5.84. The van der Waals surface area contributed by atoms with Crippen molar-refractivity contribution in [3.8, 4) is 5.75 Å². The summed E-state index contributed by atoms with van der Waals surface area (Å²) in [6.45, 7) is 3.47. The minimum atomic E-state index is -0.380. The second-order valence-corrected chi connectivity index (χ2v) is 9.21. The highest BCUT2D eigenvalue weighted by Gasteiger charge is 2.30. The van der Waals surface area contributed by atoms with E-state index in [9.17, 15) is 4.79 Å². The highest BCUT2D eigenvalue weighted by atomic mass is 16.5. The van der Waals surface area contributed by atoms with E-state index in [2.05, 4.69) is 11.0 Å². The number of fused-ring (bicyclic) bond motifs is 1. The second kappa shape index (κ2) is 10.5. The van der Waals surface area contributed by atoms with Gasteiger partial charge in [-0.3, -0.25) is 4.79 Å². The molecule has 3 aromatic rings. The SMILES string of the molecule is COc1ccc2cc(CN(Cc3ccco3)C(=O)C3CCCO3)c(N3CCCCCC3)nc2c1. The predicted molar refractivity (Wildman–Crippen MR) is 131 cm³/mol. The van der Waals surface area contributed by atoms with Crippen LogP contribution in [0.15, 0.2) is 47.1 Å². The number of carbonyl (C=O) groups excluding carboxylic acids is 1. The number of carbonyl (C=O) groups is 1.